The molecule has 8 heteroatoms. The summed E-state index contributed by atoms with van der Waals surface area (Å²) < 4.78 is 0. The first-order valence-corrected chi connectivity index (χ1v) is 10.6. The monoisotopic (exact) mass is 444 g/mol. The molecule has 0 aliphatic carbocycles. The van der Waals surface area contributed by atoms with Crippen molar-refractivity contribution in [3.8, 4) is 0 Å². The Kier molecular flexibility index (Phi) is 7.68. The smallest absolute Gasteiger partial charge is 0.293 e. The number of imide groups is 1. The van der Waals surface area contributed by atoms with Crippen LogP contribution in [0, 0.1) is 0 Å². The number of nitrogens with one attached hydrogen (secondary N) is 1. The summed E-state index contributed by atoms with van der Waals surface area (Å²) in [5.74, 6) is -0.778. The van der Waals surface area contributed by atoms with Crippen LogP contribution >= 0.6 is 23.4 Å². The van der Waals surface area contributed by atoms with Crippen molar-refractivity contribution < 1.29 is 19.5 Å². The lowest BCUT2D eigenvalue weighted by Crippen LogP contribution is -2.41. The summed E-state index contributed by atoms with van der Waals surface area (Å²) in [6.45, 7) is -0.234. The van der Waals surface area contributed by atoms with Crippen molar-refractivity contribution in [2.75, 3.05) is 13.2 Å². The minimum Gasteiger partial charge on any atom is -0.394 e. The molecule has 1 atom stereocenters. The van der Waals surface area contributed by atoms with Gasteiger partial charge in [-0.15, -0.1) is 0 Å². The SMILES string of the molecule is O=C(CCN1C(=O)S/C(=C\c2ccccc2Cl)C1=O)N[C@@H](CO)Cc1ccccc1. The van der Waals surface area contributed by atoms with Crippen LogP contribution in [0.2, 0.25) is 5.02 Å². The number of benzene rings is 2. The minimum atomic E-state index is -0.444. The second kappa shape index (κ2) is 10.4. The van der Waals surface area contributed by atoms with Gasteiger partial charge in [0.15, 0.2) is 0 Å². The number of hydrogen-bond acceptors (Lipinski definition) is 5. The van der Waals surface area contributed by atoms with E-state index in [4.69, 9.17) is 11.6 Å². The van der Waals surface area contributed by atoms with Crippen molar-refractivity contribution in [2.24, 2.45) is 0 Å². The molecule has 2 aromatic rings. The number of hydrogen-bond donors (Lipinski definition) is 2. The van der Waals surface area contributed by atoms with E-state index in [1.807, 2.05) is 30.3 Å². The Morgan fingerprint density at radius 2 is 1.83 bits per heavy atom. The third kappa shape index (κ3) is 5.72. The molecular weight excluding hydrogens is 424 g/mol. The molecule has 1 aliphatic rings. The highest BCUT2D eigenvalue weighted by Gasteiger charge is 2.35. The third-order valence-electron chi connectivity index (χ3n) is 4.54. The van der Waals surface area contributed by atoms with Crippen LogP contribution in [0.15, 0.2) is 59.5 Å². The summed E-state index contributed by atoms with van der Waals surface area (Å²) in [6.07, 6.45) is 2.03. The van der Waals surface area contributed by atoms with Gasteiger partial charge in [0.1, 0.15) is 0 Å². The number of aliphatic hydroxyl groups excluding tert-OH is 1. The number of halogens is 1. The highest BCUT2D eigenvalue weighted by Crippen LogP contribution is 2.33. The van der Waals surface area contributed by atoms with E-state index >= 15 is 0 Å². The molecule has 0 bridgehead atoms. The maximum atomic E-state index is 12.6. The van der Waals surface area contributed by atoms with Gasteiger partial charge in [0.05, 0.1) is 17.6 Å². The highest BCUT2D eigenvalue weighted by molar-refractivity contribution is 8.18. The Morgan fingerprint density at radius 1 is 1.13 bits per heavy atom. The van der Waals surface area contributed by atoms with E-state index in [9.17, 15) is 19.5 Å². The largest absolute Gasteiger partial charge is 0.394 e. The number of rotatable bonds is 8. The fourth-order valence-corrected chi connectivity index (χ4v) is 4.05. The van der Waals surface area contributed by atoms with Crippen LogP contribution in [0.3, 0.4) is 0 Å². The van der Waals surface area contributed by atoms with E-state index in [2.05, 4.69) is 5.32 Å². The van der Waals surface area contributed by atoms with Gasteiger partial charge < -0.3 is 10.4 Å². The average Bonchev–Trinajstić information content (AvgIpc) is 3.01. The van der Waals surface area contributed by atoms with E-state index in [-0.39, 0.29) is 30.4 Å². The first-order chi connectivity index (χ1) is 14.5. The topological polar surface area (TPSA) is 86.7 Å². The molecular formula is C22H21ClN2O4S. The molecule has 0 radical (unpaired) electrons. The van der Waals surface area contributed by atoms with Gasteiger partial charge in [-0.3, -0.25) is 19.3 Å². The number of aliphatic hydroxyl groups is 1. The lowest BCUT2D eigenvalue weighted by atomic mass is 10.1. The second-order valence-electron chi connectivity index (χ2n) is 6.74. The van der Waals surface area contributed by atoms with Gasteiger partial charge in [0, 0.05) is 18.0 Å². The standard InChI is InChI=1S/C22H21ClN2O4S/c23-18-9-5-4-8-16(18)13-19-21(28)25(22(29)30-19)11-10-20(27)24-17(14-26)12-15-6-2-1-3-7-15/h1-9,13,17,26H,10-12,14H2,(H,24,27)/b19-13-/t17-/m1/s1. The van der Waals surface area contributed by atoms with Crippen molar-refractivity contribution in [1.82, 2.24) is 10.2 Å². The van der Waals surface area contributed by atoms with Crippen molar-refractivity contribution >= 4 is 46.5 Å². The quantitative estimate of drug-likeness (QED) is 0.608. The highest BCUT2D eigenvalue weighted by atomic mass is 35.5. The molecule has 0 saturated carbocycles. The molecule has 156 valence electrons. The van der Waals surface area contributed by atoms with Gasteiger partial charge in [-0.1, -0.05) is 60.1 Å². The maximum Gasteiger partial charge on any atom is 0.293 e. The Hall–Kier alpha value is -2.61. The summed E-state index contributed by atoms with van der Waals surface area (Å²) in [7, 11) is 0. The molecule has 1 heterocycles. The summed E-state index contributed by atoms with van der Waals surface area (Å²) >= 11 is 6.93. The molecule has 0 spiro atoms. The van der Waals surface area contributed by atoms with Gasteiger partial charge in [-0.25, -0.2) is 0 Å². The molecule has 1 fully saturated rings. The molecule has 3 rings (SSSR count). The van der Waals surface area contributed by atoms with Crippen LogP contribution in [-0.2, 0) is 16.0 Å². The van der Waals surface area contributed by atoms with Gasteiger partial charge in [-0.05, 0) is 41.5 Å². The first-order valence-electron chi connectivity index (χ1n) is 9.42. The molecule has 1 aliphatic heterocycles. The molecule has 2 N–H and O–H groups in total. The summed E-state index contributed by atoms with van der Waals surface area (Å²) in [5.41, 5.74) is 1.64. The van der Waals surface area contributed by atoms with Gasteiger partial charge >= 0.3 is 0 Å². The fourth-order valence-electron chi connectivity index (χ4n) is 3.00. The summed E-state index contributed by atoms with van der Waals surface area (Å²) in [5, 5.41) is 12.4. The van der Waals surface area contributed by atoms with Gasteiger partial charge in [-0.2, -0.15) is 0 Å². The molecule has 30 heavy (non-hydrogen) atoms. The maximum absolute atomic E-state index is 12.6. The molecule has 2 aromatic carbocycles. The first kappa shape index (κ1) is 22.1. The van der Waals surface area contributed by atoms with Gasteiger partial charge in [0.25, 0.3) is 11.1 Å². The van der Waals surface area contributed by atoms with E-state index in [0.717, 1.165) is 22.2 Å². The molecule has 3 amide bonds. The second-order valence-corrected chi connectivity index (χ2v) is 8.14. The zero-order valence-electron chi connectivity index (χ0n) is 16.1. The van der Waals surface area contributed by atoms with Crippen molar-refractivity contribution in [3.05, 3.63) is 75.7 Å². The molecule has 6 nitrogen and oxygen atoms in total. The number of thioether (sulfide) groups is 1. The number of nitrogens with zero attached hydrogens (tertiary/aromatic N) is 1. The fraction of sp³-hybridized carbons (Fsp3) is 0.227. The predicted molar refractivity (Wildman–Crippen MR) is 118 cm³/mol. The molecule has 0 unspecified atom stereocenters. The predicted octanol–water partition coefficient (Wildman–Crippen LogP) is 3.49. The van der Waals surface area contributed by atoms with Crippen LogP contribution < -0.4 is 5.32 Å². The lowest BCUT2D eigenvalue weighted by Gasteiger charge is -2.18. The molecule has 0 aromatic heterocycles. The lowest BCUT2D eigenvalue weighted by molar-refractivity contribution is -0.124. The van der Waals surface area contributed by atoms with Gasteiger partial charge in [0.2, 0.25) is 5.91 Å². The van der Waals surface area contributed by atoms with E-state index in [0.29, 0.717) is 17.0 Å². The number of amides is 3. The van der Waals surface area contributed by atoms with Crippen molar-refractivity contribution in [1.29, 1.82) is 0 Å². The Bertz CT molecular complexity index is 965. The number of carbonyl (C=O) groups excluding carboxylic acids is 3. The van der Waals surface area contributed by atoms with Crippen LogP contribution in [0.4, 0.5) is 4.79 Å². The summed E-state index contributed by atoms with van der Waals surface area (Å²) in [4.78, 5) is 38.4. The normalized spacial score (nSPS) is 16.2. The van der Waals surface area contributed by atoms with Crippen LogP contribution in [-0.4, -0.2) is 46.3 Å². The van der Waals surface area contributed by atoms with Crippen LogP contribution in [0.1, 0.15) is 17.5 Å². The Labute approximate surface area is 183 Å². The molecule has 1 saturated heterocycles. The van der Waals surface area contributed by atoms with Crippen LogP contribution in [0.5, 0.6) is 0 Å². The van der Waals surface area contributed by atoms with E-state index in [1.54, 1.807) is 30.3 Å². The minimum absolute atomic E-state index is 0.0279. The summed E-state index contributed by atoms with van der Waals surface area (Å²) in [6, 6.07) is 16.1. The third-order valence-corrected chi connectivity index (χ3v) is 5.79. The van der Waals surface area contributed by atoms with Crippen molar-refractivity contribution in [3.63, 3.8) is 0 Å². The Balaban J connectivity index is 1.56. The number of carbonyl (C=O) groups is 3. The van der Waals surface area contributed by atoms with E-state index < -0.39 is 17.2 Å². The van der Waals surface area contributed by atoms with Crippen molar-refractivity contribution in [2.45, 2.75) is 18.9 Å². The van der Waals surface area contributed by atoms with E-state index in [1.165, 1.54) is 0 Å². The zero-order valence-corrected chi connectivity index (χ0v) is 17.7. The average molecular weight is 445 g/mol. The zero-order chi connectivity index (χ0) is 21.5. The Morgan fingerprint density at radius 3 is 2.53 bits per heavy atom. The van der Waals surface area contributed by atoms with Crippen LogP contribution in [0.25, 0.3) is 6.08 Å².